The third-order valence-electron chi connectivity index (χ3n) is 3.46. The lowest BCUT2D eigenvalue weighted by Gasteiger charge is -2.23. The number of benzene rings is 1. The molecular weight excluding hydrogens is 262 g/mol. The van der Waals surface area contributed by atoms with Crippen molar-refractivity contribution in [3.63, 3.8) is 0 Å². The van der Waals surface area contributed by atoms with Crippen molar-refractivity contribution in [2.24, 2.45) is 10.3 Å². The summed E-state index contributed by atoms with van der Waals surface area (Å²) in [6.07, 6.45) is 0. The van der Waals surface area contributed by atoms with Gasteiger partial charge in [-0.3, -0.25) is 0 Å². The highest BCUT2D eigenvalue weighted by Gasteiger charge is 2.18. The molecule has 0 radical (unpaired) electrons. The molecule has 2 heterocycles. The second kappa shape index (κ2) is 4.35. The molecule has 98 valence electrons. The third-order valence-corrected chi connectivity index (χ3v) is 3.70. The summed E-state index contributed by atoms with van der Waals surface area (Å²) in [5.41, 5.74) is 5.17. The quantitative estimate of drug-likeness (QED) is 0.798. The first kappa shape index (κ1) is 12.2. The Balaban J connectivity index is 1.99. The Bertz CT molecular complexity index is 674. The fourth-order valence-electron chi connectivity index (χ4n) is 2.08. The average Bonchev–Trinajstić information content (AvgIpc) is 2.66. The molecule has 19 heavy (non-hydrogen) atoms. The van der Waals surface area contributed by atoms with E-state index in [4.69, 9.17) is 11.6 Å². The van der Waals surface area contributed by atoms with Crippen LogP contribution in [0.1, 0.15) is 22.5 Å². The Kier molecular flexibility index (Phi) is 2.78. The van der Waals surface area contributed by atoms with E-state index in [0.717, 1.165) is 22.6 Å². The SMILES string of the molecule is Cc1nn(N2Cc3ccc(Cl)cc3N=N2)c(C)c1C. The number of fused-ring (bicyclic) bond motifs is 1. The molecule has 0 spiro atoms. The molecule has 2 aromatic rings. The lowest BCUT2D eigenvalue weighted by molar-refractivity contribution is 0.501. The zero-order valence-corrected chi connectivity index (χ0v) is 11.8. The van der Waals surface area contributed by atoms with Crippen LogP contribution in [0.5, 0.6) is 0 Å². The lowest BCUT2D eigenvalue weighted by Crippen LogP contribution is -2.31. The molecule has 0 fully saturated rings. The minimum absolute atomic E-state index is 0.636. The van der Waals surface area contributed by atoms with Crippen molar-refractivity contribution >= 4 is 17.3 Å². The van der Waals surface area contributed by atoms with Crippen LogP contribution in [0.2, 0.25) is 5.02 Å². The number of aromatic nitrogens is 2. The van der Waals surface area contributed by atoms with Crippen LogP contribution in [0.25, 0.3) is 0 Å². The van der Waals surface area contributed by atoms with Crippen molar-refractivity contribution in [3.05, 3.63) is 45.7 Å². The van der Waals surface area contributed by atoms with Crippen molar-refractivity contribution < 1.29 is 0 Å². The van der Waals surface area contributed by atoms with Crippen molar-refractivity contribution in [1.29, 1.82) is 0 Å². The van der Waals surface area contributed by atoms with Crippen LogP contribution in [0.3, 0.4) is 0 Å². The van der Waals surface area contributed by atoms with E-state index in [9.17, 15) is 0 Å². The van der Waals surface area contributed by atoms with Gasteiger partial charge in [-0.1, -0.05) is 17.7 Å². The van der Waals surface area contributed by atoms with E-state index in [1.54, 1.807) is 9.91 Å². The first-order valence-electron chi connectivity index (χ1n) is 6.07. The highest BCUT2D eigenvalue weighted by Crippen LogP contribution is 2.29. The van der Waals surface area contributed by atoms with Crippen LogP contribution in [0, 0.1) is 20.8 Å². The fraction of sp³-hybridized carbons (Fsp3) is 0.308. The summed E-state index contributed by atoms with van der Waals surface area (Å²) < 4.78 is 0. The molecule has 1 aromatic carbocycles. The number of aryl methyl sites for hydroxylation is 1. The molecule has 0 N–H and O–H groups in total. The maximum Gasteiger partial charge on any atom is 0.0941 e. The number of halogens is 1. The summed E-state index contributed by atoms with van der Waals surface area (Å²) in [5, 5.41) is 15.3. The Labute approximate surface area is 116 Å². The number of nitrogens with zero attached hydrogens (tertiary/aromatic N) is 5. The molecule has 1 aromatic heterocycles. The van der Waals surface area contributed by atoms with E-state index in [-0.39, 0.29) is 0 Å². The molecule has 0 unspecified atom stereocenters. The maximum absolute atomic E-state index is 5.95. The maximum atomic E-state index is 5.95. The predicted molar refractivity (Wildman–Crippen MR) is 74.3 cm³/mol. The van der Waals surface area contributed by atoms with Crippen LogP contribution < -0.4 is 5.12 Å². The molecule has 1 aliphatic heterocycles. The van der Waals surface area contributed by atoms with Crippen molar-refractivity contribution in [2.45, 2.75) is 27.3 Å². The molecule has 3 rings (SSSR count). The molecule has 0 aliphatic carbocycles. The molecule has 0 amide bonds. The summed E-state index contributed by atoms with van der Waals surface area (Å²) in [6.45, 7) is 6.72. The smallest absolute Gasteiger partial charge is 0.0941 e. The lowest BCUT2D eigenvalue weighted by atomic mass is 10.2. The van der Waals surface area contributed by atoms with Gasteiger partial charge in [0.1, 0.15) is 0 Å². The summed E-state index contributed by atoms with van der Waals surface area (Å²) in [5.74, 6) is 0. The van der Waals surface area contributed by atoms with E-state index in [1.807, 2.05) is 32.0 Å². The van der Waals surface area contributed by atoms with Crippen LogP contribution in [0.4, 0.5) is 5.69 Å². The highest BCUT2D eigenvalue weighted by atomic mass is 35.5. The third kappa shape index (κ3) is 2.00. The van der Waals surface area contributed by atoms with E-state index in [1.165, 1.54) is 5.56 Å². The molecule has 1 aliphatic rings. The second-order valence-electron chi connectivity index (χ2n) is 4.68. The Morgan fingerprint density at radius 2 is 2.00 bits per heavy atom. The summed E-state index contributed by atoms with van der Waals surface area (Å²) in [7, 11) is 0. The number of hydrogen-bond acceptors (Lipinski definition) is 4. The Hall–Kier alpha value is -1.88. The first-order chi connectivity index (χ1) is 9.06. The van der Waals surface area contributed by atoms with Gasteiger partial charge in [0.05, 0.1) is 23.6 Å². The Morgan fingerprint density at radius 1 is 1.21 bits per heavy atom. The molecular formula is C13H14ClN5. The summed E-state index contributed by atoms with van der Waals surface area (Å²) >= 11 is 5.95. The van der Waals surface area contributed by atoms with Crippen LogP contribution >= 0.6 is 11.6 Å². The normalized spacial score (nSPS) is 13.8. The molecule has 0 atom stereocenters. The summed E-state index contributed by atoms with van der Waals surface area (Å²) in [6, 6.07) is 5.66. The van der Waals surface area contributed by atoms with Gasteiger partial charge >= 0.3 is 0 Å². The van der Waals surface area contributed by atoms with Gasteiger partial charge in [0.25, 0.3) is 0 Å². The van der Waals surface area contributed by atoms with E-state index < -0.39 is 0 Å². The highest BCUT2D eigenvalue weighted by molar-refractivity contribution is 6.30. The molecule has 0 saturated heterocycles. The molecule has 0 bridgehead atoms. The van der Waals surface area contributed by atoms with Gasteiger partial charge in [-0.2, -0.15) is 15.0 Å². The van der Waals surface area contributed by atoms with Gasteiger partial charge in [-0.05, 0) is 43.7 Å². The van der Waals surface area contributed by atoms with Crippen molar-refractivity contribution in [1.82, 2.24) is 9.89 Å². The van der Waals surface area contributed by atoms with Crippen LogP contribution in [0.15, 0.2) is 28.5 Å². The average molecular weight is 276 g/mol. The van der Waals surface area contributed by atoms with Gasteiger partial charge in [-0.15, -0.1) is 5.11 Å². The minimum Gasteiger partial charge on any atom is -0.161 e. The largest absolute Gasteiger partial charge is 0.161 e. The molecule has 0 saturated carbocycles. The summed E-state index contributed by atoms with van der Waals surface area (Å²) in [4.78, 5) is 1.80. The zero-order chi connectivity index (χ0) is 13.6. The second-order valence-corrected chi connectivity index (χ2v) is 5.11. The number of hydrogen-bond donors (Lipinski definition) is 0. The van der Waals surface area contributed by atoms with E-state index >= 15 is 0 Å². The standard InChI is InChI=1S/C13H14ClN5/c1-8-9(2)16-19(10(8)3)18-7-11-4-5-12(14)6-13(11)15-17-18/h4-6H,7H2,1-3H3. The van der Waals surface area contributed by atoms with Crippen molar-refractivity contribution in [3.8, 4) is 0 Å². The first-order valence-corrected chi connectivity index (χ1v) is 6.45. The number of rotatable bonds is 1. The van der Waals surface area contributed by atoms with Gasteiger partial charge in [0.15, 0.2) is 0 Å². The van der Waals surface area contributed by atoms with Gasteiger partial charge in [-0.25, -0.2) is 0 Å². The fourth-order valence-corrected chi connectivity index (χ4v) is 2.25. The minimum atomic E-state index is 0.636. The topological polar surface area (TPSA) is 45.8 Å². The van der Waals surface area contributed by atoms with Gasteiger partial charge in [0.2, 0.25) is 0 Å². The predicted octanol–water partition coefficient (Wildman–Crippen LogP) is 3.61. The van der Waals surface area contributed by atoms with E-state index in [0.29, 0.717) is 11.6 Å². The van der Waals surface area contributed by atoms with Gasteiger partial charge in [0, 0.05) is 10.6 Å². The zero-order valence-electron chi connectivity index (χ0n) is 11.1. The Morgan fingerprint density at radius 3 is 2.68 bits per heavy atom. The van der Waals surface area contributed by atoms with Crippen molar-refractivity contribution in [2.75, 3.05) is 5.12 Å². The van der Waals surface area contributed by atoms with Crippen LogP contribution in [-0.2, 0) is 6.54 Å². The monoisotopic (exact) mass is 275 g/mol. The van der Waals surface area contributed by atoms with Gasteiger partial charge < -0.3 is 0 Å². The molecule has 5 nitrogen and oxygen atoms in total. The van der Waals surface area contributed by atoms with E-state index in [2.05, 4.69) is 22.4 Å². The van der Waals surface area contributed by atoms with Crippen LogP contribution in [-0.4, -0.2) is 9.89 Å². The molecule has 6 heteroatoms.